The maximum atomic E-state index is 12.3. The Labute approximate surface area is 56.8 Å². The first kappa shape index (κ1) is 6.95. The molecule has 3 nitrogen and oxygen atoms in total. The van der Waals surface area contributed by atoms with Crippen LogP contribution in [0.2, 0.25) is 0 Å². The van der Waals surface area contributed by atoms with Crippen molar-refractivity contribution in [3.63, 3.8) is 0 Å². The molecule has 0 radical (unpaired) electrons. The summed E-state index contributed by atoms with van der Waals surface area (Å²) < 4.78 is 12.3. The lowest BCUT2D eigenvalue weighted by Crippen LogP contribution is -1.91. The van der Waals surface area contributed by atoms with Gasteiger partial charge in [-0.1, -0.05) is 0 Å². The summed E-state index contributed by atoms with van der Waals surface area (Å²) in [6.45, 7) is -0.322. The van der Waals surface area contributed by atoms with E-state index in [1.54, 1.807) is 0 Å². The number of hydrogen-bond donors (Lipinski definition) is 2. The molecule has 0 saturated heterocycles. The zero-order valence-electron chi connectivity index (χ0n) is 5.08. The van der Waals surface area contributed by atoms with Crippen LogP contribution in [0.25, 0.3) is 0 Å². The normalized spacial score (nSPS) is 9.80. The van der Waals surface area contributed by atoms with Crippen molar-refractivity contribution in [2.75, 3.05) is 0 Å². The molecule has 2 N–H and O–H groups in total. The van der Waals surface area contributed by atoms with Gasteiger partial charge in [0.1, 0.15) is 0 Å². The van der Waals surface area contributed by atoms with Crippen molar-refractivity contribution in [3.05, 3.63) is 23.8 Å². The molecule has 0 aromatic carbocycles. The minimum Gasteiger partial charge on any atom is -0.504 e. The zero-order chi connectivity index (χ0) is 7.56. The molecule has 10 heavy (non-hydrogen) atoms. The Hall–Kier alpha value is -1.16. The molecular formula is C6H6FNO2. The van der Waals surface area contributed by atoms with Crippen molar-refractivity contribution < 1.29 is 14.6 Å². The first-order valence-corrected chi connectivity index (χ1v) is 2.69. The monoisotopic (exact) mass is 143 g/mol. The summed E-state index contributed by atoms with van der Waals surface area (Å²) in [7, 11) is 0. The van der Waals surface area contributed by atoms with Crippen LogP contribution in [-0.2, 0) is 6.61 Å². The summed E-state index contributed by atoms with van der Waals surface area (Å²) in [5.41, 5.74) is 0.204. The summed E-state index contributed by atoms with van der Waals surface area (Å²) in [5, 5.41) is 17.1. The molecule has 0 atom stereocenters. The number of rotatable bonds is 1. The van der Waals surface area contributed by atoms with Gasteiger partial charge in [0, 0.05) is 0 Å². The predicted octanol–water partition coefficient (Wildman–Crippen LogP) is 0.419. The highest BCUT2D eigenvalue weighted by atomic mass is 19.1. The number of pyridine rings is 1. The SMILES string of the molecule is OCc1ccc(O)c(F)n1. The Morgan fingerprint density at radius 2 is 2.20 bits per heavy atom. The molecule has 4 heteroatoms. The fraction of sp³-hybridized carbons (Fsp3) is 0.167. The number of halogens is 1. The molecule has 0 bridgehead atoms. The number of hydrogen-bond acceptors (Lipinski definition) is 3. The lowest BCUT2D eigenvalue weighted by molar-refractivity contribution is 0.274. The Morgan fingerprint density at radius 3 is 2.70 bits per heavy atom. The summed E-state index contributed by atoms with van der Waals surface area (Å²) in [4.78, 5) is 3.22. The largest absolute Gasteiger partial charge is 0.504 e. The first-order valence-electron chi connectivity index (χ1n) is 2.69. The van der Waals surface area contributed by atoms with Crippen molar-refractivity contribution >= 4 is 0 Å². The van der Waals surface area contributed by atoms with Gasteiger partial charge in [-0.2, -0.15) is 4.39 Å². The van der Waals surface area contributed by atoms with Crippen LogP contribution in [0.3, 0.4) is 0 Å². The van der Waals surface area contributed by atoms with Crippen LogP contribution in [0, 0.1) is 5.95 Å². The standard InChI is InChI=1S/C6H6FNO2/c7-6-5(10)2-1-4(3-9)8-6/h1-2,9-10H,3H2. The van der Waals surface area contributed by atoms with E-state index in [1.165, 1.54) is 6.07 Å². The molecule has 1 rings (SSSR count). The molecule has 1 aromatic heterocycles. The van der Waals surface area contributed by atoms with Gasteiger partial charge in [-0.15, -0.1) is 0 Å². The average molecular weight is 143 g/mol. The number of aromatic nitrogens is 1. The molecule has 0 spiro atoms. The molecule has 0 aliphatic carbocycles. The topological polar surface area (TPSA) is 53.4 Å². The molecule has 0 saturated carbocycles. The molecule has 0 amide bonds. The van der Waals surface area contributed by atoms with Gasteiger partial charge in [0.15, 0.2) is 5.75 Å². The highest BCUT2D eigenvalue weighted by molar-refractivity contribution is 5.19. The number of aliphatic hydroxyl groups excluding tert-OH is 1. The fourth-order valence-corrected chi connectivity index (χ4v) is 0.553. The summed E-state index contributed by atoms with van der Waals surface area (Å²) >= 11 is 0. The second-order valence-electron chi connectivity index (χ2n) is 1.77. The van der Waals surface area contributed by atoms with E-state index < -0.39 is 11.7 Å². The Morgan fingerprint density at radius 1 is 1.50 bits per heavy atom. The molecule has 1 aromatic rings. The number of aliphatic hydroxyl groups is 1. The van der Waals surface area contributed by atoms with Gasteiger partial charge in [0.2, 0.25) is 0 Å². The molecule has 0 unspecified atom stereocenters. The number of nitrogens with zero attached hydrogens (tertiary/aromatic N) is 1. The minimum absolute atomic E-state index is 0.204. The van der Waals surface area contributed by atoms with Crippen molar-refractivity contribution in [1.29, 1.82) is 0 Å². The van der Waals surface area contributed by atoms with Gasteiger partial charge in [-0.05, 0) is 12.1 Å². The summed E-state index contributed by atoms with van der Waals surface area (Å²) in [6, 6.07) is 2.49. The van der Waals surface area contributed by atoms with Gasteiger partial charge in [0.25, 0.3) is 5.95 Å². The smallest absolute Gasteiger partial charge is 0.255 e. The lowest BCUT2D eigenvalue weighted by Gasteiger charge is -1.95. The zero-order valence-corrected chi connectivity index (χ0v) is 5.08. The van der Waals surface area contributed by atoms with Crippen LogP contribution >= 0.6 is 0 Å². The highest BCUT2D eigenvalue weighted by Gasteiger charge is 2.00. The highest BCUT2D eigenvalue weighted by Crippen LogP contribution is 2.11. The molecule has 0 fully saturated rings. The van der Waals surface area contributed by atoms with Gasteiger partial charge in [-0.3, -0.25) is 0 Å². The Balaban J connectivity index is 3.04. The van der Waals surface area contributed by atoms with Gasteiger partial charge >= 0.3 is 0 Å². The molecule has 1 heterocycles. The maximum Gasteiger partial charge on any atom is 0.255 e. The van der Waals surface area contributed by atoms with E-state index in [0.29, 0.717) is 0 Å². The van der Waals surface area contributed by atoms with Crippen LogP contribution < -0.4 is 0 Å². The van der Waals surface area contributed by atoms with Gasteiger partial charge < -0.3 is 10.2 Å². The molecular weight excluding hydrogens is 137 g/mol. The molecule has 0 aliphatic heterocycles. The van der Waals surface area contributed by atoms with Crippen molar-refractivity contribution in [3.8, 4) is 5.75 Å². The fourth-order valence-electron chi connectivity index (χ4n) is 0.553. The quantitative estimate of drug-likeness (QED) is 0.560. The van der Waals surface area contributed by atoms with E-state index in [2.05, 4.69) is 4.98 Å². The first-order chi connectivity index (χ1) is 4.74. The third-order valence-corrected chi connectivity index (χ3v) is 1.05. The second kappa shape index (κ2) is 2.62. The van der Waals surface area contributed by atoms with Crippen molar-refractivity contribution in [1.82, 2.24) is 4.98 Å². The van der Waals surface area contributed by atoms with Crippen molar-refractivity contribution in [2.45, 2.75) is 6.61 Å². The van der Waals surface area contributed by atoms with E-state index in [4.69, 9.17) is 10.2 Å². The summed E-state index contributed by atoms with van der Waals surface area (Å²) in [5.74, 6) is -1.45. The van der Waals surface area contributed by atoms with E-state index in [-0.39, 0.29) is 12.3 Å². The van der Waals surface area contributed by atoms with Crippen molar-refractivity contribution in [2.24, 2.45) is 0 Å². The Kier molecular flexibility index (Phi) is 1.82. The lowest BCUT2D eigenvalue weighted by atomic mass is 10.3. The van der Waals surface area contributed by atoms with E-state index in [0.717, 1.165) is 6.07 Å². The third kappa shape index (κ3) is 1.22. The molecule has 54 valence electrons. The van der Waals surface area contributed by atoms with Gasteiger partial charge in [0.05, 0.1) is 12.3 Å². The maximum absolute atomic E-state index is 12.3. The average Bonchev–Trinajstić information content (AvgIpc) is 1.95. The van der Waals surface area contributed by atoms with Crippen LogP contribution in [0.15, 0.2) is 12.1 Å². The molecule has 0 aliphatic rings. The number of aromatic hydroxyl groups is 1. The predicted molar refractivity (Wildman–Crippen MR) is 31.8 cm³/mol. The van der Waals surface area contributed by atoms with Crippen LogP contribution in [0.4, 0.5) is 4.39 Å². The van der Waals surface area contributed by atoms with E-state index in [9.17, 15) is 4.39 Å². The van der Waals surface area contributed by atoms with Gasteiger partial charge in [-0.25, -0.2) is 4.98 Å². The second-order valence-corrected chi connectivity index (χ2v) is 1.77. The Bertz CT molecular complexity index is 239. The van der Waals surface area contributed by atoms with E-state index >= 15 is 0 Å². The van der Waals surface area contributed by atoms with E-state index in [1.807, 2.05) is 0 Å². The summed E-state index contributed by atoms with van der Waals surface area (Å²) in [6.07, 6.45) is 0. The minimum atomic E-state index is -0.952. The van der Waals surface area contributed by atoms with Crippen LogP contribution in [-0.4, -0.2) is 15.2 Å². The third-order valence-electron chi connectivity index (χ3n) is 1.05. The van der Waals surface area contributed by atoms with Crippen LogP contribution in [0.5, 0.6) is 5.75 Å². The van der Waals surface area contributed by atoms with Crippen LogP contribution in [0.1, 0.15) is 5.69 Å².